The third-order valence-electron chi connectivity index (χ3n) is 2.57. The fourth-order valence-corrected chi connectivity index (χ4v) is 3.13. The Hall–Kier alpha value is -1.11. The van der Waals surface area contributed by atoms with Crippen molar-refractivity contribution in [2.75, 3.05) is 17.3 Å². The monoisotopic (exact) mass is 283 g/mol. The standard InChI is InChI=1S/C12H13NO3S2/c1-2-16-10(14)12(15)8-18-11(17)13(12)9-6-4-3-5-7-9/h3-7,15H,2,8H2,1H3. The Morgan fingerprint density at radius 2 is 2.22 bits per heavy atom. The molecule has 1 aliphatic heterocycles. The van der Waals surface area contributed by atoms with Crippen LogP contribution in [-0.2, 0) is 9.53 Å². The van der Waals surface area contributed by atoms with Crippen LogP contribution >= 0.6 is 24.0 Å². The highest BCUT2D eigenvalue weighted by atomic mass is 32.2. The van der Waals surface area contributed by atoms with Gasteiger partial charge in [-0.1, -0.05) is 42.2 Å². The quantitative estimate of drug-likeness (QED) is 0.674. The van der Waals surface area contributed by atoms with E-state index in [2.05, 4.69) is 0 Å². The topological polar surface area (TPSA) is 49.8 Å². The number of hydrogen-bond acceptors (Lipinski definition) is 5. The minimum absolute atomic E-state index is 0.180. The van der Waals surface area contributed by atoms with Crippen LogP contribution in [0.3, 0.4) is 0 Å². The van der Waals surface area contributed by atoms with Gasteiger partial charge < -0.3 is 9.84 Å². The molecule has 0 amide bonds. The van der Waals surface area contributed by atoms with E-state index in [0.29, 0.717) is 10.0 Å². The van der Waals surface area contributed by atoms with Gasteiger partial charge in [-0.3, -0.25) is 4.90 Å². The molecule has 0 aliphatic carbocycles. The van der Waals surface area contributed by atoms with Crippen LogP contribution in [0.2, 0.25) is 0 Å². The molecule has 4 nitrogen and oxygen atoms in total. The van der Waals surface area contributed by atoms with Crippen LogP contribution in [0, 0.1) is 0 Å². The summed E-state index contributed by atoms with van der Waals surface area (Å²) < 4.78 is 5.39. The number of carbonyl (C=O) groups excluding carboxylic acids is 1. The lowest BCUT2D eigenvalue weighted by molar-refractivity contribution is -0.161. The van der Waals surface area contributed by atoms with Crippen LogP contribution in [-0.4, -0.2) is 33.5 Å². The molecule has 0 aromatic heterocycles. The average Bonchev–Trinajstić information content (AvgIpc) is 2.68. The van der Waals surface area contributed by atoms with Crippen molar-refractivity contribution in [2.45, 2.75) is 12.6 Å². The summed E-state index contributed by atoms with van der Waals surface area (Å²) in [5.74, 6) is -0.485. The van der Waals surface area contributed by atoms with Crippen molar-refractivity contribution < 1.29 is 14.6 Å². The number of carbonyl (C=O) groups is 1. The van der Waals surface area contributed by atoms with E-state index >= 15 is 0 Å². The predicted molar refractivity (Wildman–Crippen MR) is 75.6 cm³/mol. The molecule has 0 spiro atoms. The number of para-hydroxylation sites is 1. The molecule has 2 rings (SSSR count). The number of thiocarbonyl (C=S) groups is 1. The second kappa shape index (κ2) is 5.26. The van der Waals surface area contributed by atoms with E-state index in [4.69, 9.17) is 17.0 Å². The Labute approximate surface area is 115 Å². The molecule has 6 heteroatoms. The third-order valence-corrected chi connectivity index (χ3v) is 4.08. The second-order valence-electron chi connectivity index (χ2n) is 3.76. The Balaban J connectivity index is 2.36. The molecule has 1 heterocycles. The maximum absolute atomic E-state index is 11.9. The van der Waals surface area contributed by atoms with Crippen LogP contribution < -0.4 is 4.90 Å². The van der Waals surface area contributed by atoms with Gasteiger partial charge in [-0.05, 0) is 19.1 Å². The van der Waals surface area contributed by atoms with Gasteiger partial charge >= 0.3 is 5.97 Å². The molecule has 0 radical (unpaired) electrons. The lowest BCUT2D eigenvalue weighted by atomic mass is 10.2. The highest BCUT2D eigenvalue weighted by Gasteiger charge is 2.51. The van der Waals surface area contributed by atoms with E-state index in [9.17, 15) is 9.90 Å². The SMILES string of the molecule is CCOC(=O)C1(O)CSC(=S)N1c1ccccc1. The lowest BCUT2D eigenvalue weighted by Crippen LogP contribution is -2.54. The molecular formula is C12H13NO3S2. The van der Waals surface area contributed by atoms with Gasteiger partial charge in [0.25, 0.3) is 5.72 Å². The smallest absolute Gasteiger partial charge is 0.361 e. The molecule has 18 heavy (non-hydrogen) atoms. The molecule has 1 N–H and O–H groups in total. The van der Waals surface area contributed by atoms with E-state index in [-0.39, 0.29) is 12.4 Å². The number of ether oxygens (including phenoxy) is 1. The van der Waals surface area contributed by atoms with Crippen molar-refractivity contribution in [1.82, 2.24) is 0 Å². The van der Waals surface area contributed by atoms with Crippen LogP contribution in [0.25, 0.3) is 0 Å². The number of aliphatic hydroxyl groups is 1. The van der Waals surface area contributed by atoms with Gasteiger partial charge in [-0.25, -0.2) is 4.79 Å². The van der Waals surface area contributed by atoms with E-state index < -0.39 is 11.7 Å². The zero-order valence-corrected chi connectivity index (χ0v) is 11.5. The number of hydrogen-bond donors (Lipinski definition) is 1. The third kappa shape index (κ3) is 2.23. The number of anilines is 1. The maximum Gasteiger partial charge on any atom is 0.361 e. The highest BCUT2D eigenvalue weighted by molar-refractivity contribution is 8.23. The van der Waals surface area contributed by atoms with Crippen LogP contribution in [0.1, 0.15) is 6.92 Å². The van der Waals surface area contributed by atoms with E-state index in [1.54, 1.807) is 19.1 Å². The van der Waals surface area contributed by atoms with Gasteiger partial charge in [-0.15, -0.1) is 0 Å². The highest BCUT2D eigenvalue weighted by Crippen LogP contribution is 2.36. The first-order valence-electron chi connectivity index (χ1n) is 5.51. The lowest BCUT2D eigenvalue weighted by Gasteiger charge is -2.31. The van der Waals surface area contributed by atoms with Crippen molar-refractivity contribution in [1.29, 1.82) is 0 Å². The Morgan fingerprint density at radius 1 is 1.56 bits per heavy atom. The van der Waals surface area contributed by atoms with Gasteiger partial charge in [0, 0.05) is 5.69 Å². The fraction of sp³-hybridized carbons (Fsp3) is 0.333. The normalized spacial score (nSPS) is 23.2. The number of rotatable bonds is 3. The first-order chi connectivity index (χ1) is 8.59. The van der Waals surface area contributed by atoms with Crippen LogP contribution in [0.5, 0.6) is 0 Å². The molecule has 96 valence electrons. The molecule has 1 aliphatic rings. The van der Waals surface area contributed by atoms with Gasteiger partial charge in [0.2, 0.25) is 0 Å². The molecule has 1 fully saturated rings. The first kappa shape index (κ1) is 13.3. The number of nitrogens with zero attached hydrogens (tertiary/aromatic N) is 1. The van der Waals surface area contributed by atoms with Crippen molar-refractivity contribution in [3.63, 3.8) is 0 Å². The Bertz CT molecular complexity index is 466. The predicted octanol–water partition coefficient (Wildman–Crippen LogP) is 1.78. The largest absolute Gasteiger partial charge is 0.462 e. The molecule has 0 saturated carbocycles. The molecule has 1 saturated heterocycles. The minimum Gasteiger partial charge on any atom is -0.462 e. The van der Waals surface area contributed by atoms with Gasteiger partial charge in [0.15, 0.2) is 0 Å². The van der Waals surface area contributed by atoms with E-state index in [1.165, 1.54) is 16.7 Å². The zero-order chi connectivity index (χ0) is 13.2. The van der Waals surface area contributed by atoms with Crippen molar-refractivity contribution in [2.24, 2.45) is 0 Å². The molecule has 1 aromatic carbocycles. The number of esters is 1. The van der Waals surface area contributed by atoms with Gasteiger partial charge in [0.05, 0.1) is 12.4 Å². The van der Waals surface area contributed by atoms with Gasteiger partial charge in [0.1, 0.15) is 4.32 Å². The maximum atomic E-state index is 11.9. The Kier molecular flexibility index (Phi) is 3.89. The molecule has 0 bridgehead atoms. The van der Waals surface area contributed by atoms with E-state index in [1.807, 2.05) is 18.2 Å². The average molecular weight is 283 g/mol. The van der Waals surface area contributed by atoms with E-state index in [0.717, 1.165) is 0 Å². The second-order valence-corrected chi connectivity index (χ2v) is 5.37. The van der Waals surface area contributed by atoms with Crippen LogP contribution in [0.15, 0.2) is 30.3 Å². The molecular weight excluding hydrogens is 270 g/mol. The minimum atomic E-state index is -1.71. The summed E-state index contributed by atoms with van der Waals surface area (Å²) in [5.41, 5.74) is -1.03. The summed E-state index contributed by atoms with van der Waals surface area (Å²) >= 11 is 6.46. The molecule has 1 aromatic rings. The summed E-state index contributed by atoms with van der Waals surface area (Å²) in [5, 5.41) is 10.5. The summed E-state index contributed by atoms with van der Waals surface area (Å²) in [6.45, 7) is 1.93. The molecule has 1 atom stereocenters. The summed E-state index contributed by atoms with van der Waals surface area (Å²) in [6.07, 6.45) is 0. The van der Waals surface area contributed by atoms with Crippen LogP contribution in [0.4, 0.5) is 5.69 Å². The number of thioether (sulfide) groups is 1. The summed E-state index contributed by atoms with van der Waals surface area (Å²) in [4.78, 5) is 13.4. The number of benzene rings is 1. The Morgan fingerprint density at radius 3 is 2.83 bits per heavy atom. The summed E-state index contributed by atoms with van der Waals surface area (Å²) in [6, 6.07) is 9.10. The fourth-order valence-electron chi connectivity index (χ4n) is 1.74. The van der Waals surface area contributed by atoms with Crippen molar-refractivity contribution >= 4 is 40.0 Å². The van der Waals surface area contributed by atoms with Crippen molar-refractivity contribution in [3.8, 4) is 0 Å². The zero-order valence-electron chi connectivity index (χ0n) is 9.83. The summed E-state index contributed by atoms with van der Waals surface area (Å²) in [7, 11) is 0. The van der Waals surface area contributed by atoms with Crippen molar-refractivity contribution in [3.05, 3.63) is 30.3 Å². The van der Waals surface area contributed by atoms with Gasteiger partial charge in [-0.2, -0.15) is 0 Å². The molecule has 1 unspecified atom stereocenters. The first-order valence-corrected chi connectivity index (χ1v) is 6.90.